The van der Waals surface area contributed by atoms with Gasteiger partial charge in [0.2, 0.25) is 0 Å². The first kappa shape index (κ1) is 95.0. The highest BCUT2D eigenvalue weighted by molar-refractivity contribution is 7.48. The fraction of sp³-hybridized carbons (Fsp3) is 0.966. The molecule has 0 amide bonds. The second kappa shape index (κ2) is 42.2. The lowest BCUT2D eigenvalue weighted by Gasteiger charge is -2.48. The molecular formula is C58H103O50P3. The van der Waals surface area contributed by atoms with E-state index in [9.17, 15) is 156 Å². The summed E-state index contributed by atoms with van der Waals surface area (Å²) in [4.78, 5) is 32.3. The maximum atomic E-state index is 13.8. The quantitative estimate of drug-likeness (QED) is 0.0155. The summed E-state index contributed by atoms with van der Waals surface area (Å²) in [6.45, 7) is -6.11. The van der Waals surface area contributed by atoms with Crippen LogP contribution in [0, 0.1) is 0 Å². The van der Waals surface area contributed by atoms with Crippen molar-refractivity contribution >= 4 is 23.5 Å². The molecule has 53 heteroatoms. The van der Waals surface area contributed by atoms with E-state index in [4.69, 9.17) is 88.7 Å². The summed E-state index contributed by atoms with van der Waals surface area (Å²) >= 11 is 0. The van der Waals surface area contributed by atoms with E-state index < -0.39 is 322 Å². The van der Waals surface area contributed by atoms with Gasteiger partial charge in [-0.2, -0.15) is 0 Å². The van der Waals surface area contributed by atoms with Crippen LogP contribution >= 0.6 is 23.5 Å². The Morgan fingerprint density at radius 1 is 0.261 bits per heavy atom. The highest BCUT2D eigenvalue weighted by atomic mass is 31.2. The summed E-state index contributed by atoms with van der Waals surface area (Å²) in [5.74, 6) is 0. The number of phosphoric ester groups is 3. The van der Waals surface area contributed by atoms with Crippen LogP contribution in [0.5, 0.6) is 0 Å². The SMILES string of the molecule is C=CCCCCCCCCOP(=O)(O)O[C@H]1O[C@H](CO)[C@@H](O[C@@H]2O[C@H](COP(=O)(O)O[C@H]3O[C@H](CO)[C@@H](O[C@@H]4O[C@H](COP(=O)(O)O[C@H]5O[C@H](CO)[C@@H](O[C@@H]6O[C@H](CO)[C@H](O)[C@H](O[C@@H]7O[C@H](CO)[C@H](O)[C@H](O)[C@H]7O)[C@H]6O)[C@H](O)[C@@H]5O)[C@H](O)[C@H](O[C@@H]5O[C@H](CO)[C@H](O)[C@H](O)[C@H]5O)[C@H]4O)[C@H](O)[C@@H]3O)[C@H](O)[C@H](O)[C@H]2O)[C@H](O)[C@@H]1O. The number of rotatable bonds is 38. The van der Waals surface area contributed by atoms with Crippen molar-refractivity contribution in [3.05, 3.63) is 12.7 Å². The van der Waals surface area contributed by atoms with E-state index in [2.05, 4.69) is 6.58 Å². The number of hydrogen-bond acceptors (Lipinski definition) is 47. The predicted octanol–water partition coefficient (Wildman–Crippen LogP) is -14.2. The highest BCUT2D eigenvalue weighted by Crippen LogP contribution is 2.51. The van der Waals surface area contributed by atoms with Gasteiger partial charge in [-0.25, -0.2) is 13.7 Å². The first-order chi connectivity index (χ1) is 52.3. The average Bonchev–Trinajstić information content (AvgIpc) is 0.771. The van der Waals surface area contributed by atoms with Crippen molar-refractivity contribution in [2.45, 2.75) is 291 Å². The first-order valence-corrected chi connectivity index (χ1v) is 39.5. The van der Waals surface area contributed by atoms with Crippen LogP contribution in [-0.4, -0.2) is 447 Å². The molecule has 8 saturated heterocycles. The van der Waals surface area contributed by atoms with E-state index in [1.807, 2.05) is 0 Å². The number of hydrogen-bond donors (Lipinski definition) is 28. The van der Waals surface area contributed by atoms with Crippen LogP contribution in [-0.2, 0) is 102 Å². The lowest BCUT2D eigenvalue weighted by atomic mass is 9.96. The third kappa shape index (κ3) is 23.4. The van der Waals surface area contributed by atoms with Gasteiger partial charge in [0.15, 0.2) is 50.3 Å². The van der Waals surface area contributed by atoms with Crippen LogP contribution in [0.4, 0.5) is 0 Å². The van der Waals surface area contributed by atoms with Gasteiger partial charge < -0.3 is 204 Å². The largest absolute Gasteiger partial charge is 0.474 e. The smallest absolute Gasteiger partial charge is 0.394 e. The lowest BCUT2D eigenvalue weighted by Crippen LogP contribution is -2.67. The van der Waals surface area contributed by atoms with Crippen molar-refractivity contribution < 1.29 is 245 Å². The molecule has 8 aliphatic heterocycles. The molecule has 0 saturated carbocycles. The van der Waals surface area contributed by atoms with Gasteiger partial charge in [-0.05, 0) is 19.3 Å². The molecule has 28 N–H and O–H groups in total. The van der Waals surface area contributed by atoms with Crippen molar-refractivity contribution in [3.8, 4) is 0 Å². The Morgan fingerprint density at radius 3 is 0.838 bits per heavy atom. The van der Waals surface area contributed by atoms with Crippen LogP contribution < -0.4 is 0 Å². The molecule has 8 fully saturated rings. The zero-order valence-corrected chi connectivity index (χ0v) is 61.2. The number of aliphatic hydroxyl groups is 25. The molecule has 8 aliphatic rings. The number of unbranched alkanes of at least 4 members (excludes halogenated alkanes) is 6. The van der Waals surface area contributed by atoms with E-state index in [1.54, 1.807) is 6.08 Å². The van der Waals surface area contributed by atoms with Crippen LogP contribution in [0.15, 0.2) is 12.7 Å². The minimum atomic E-state index is -5.87. The third-order valence-electron chi connectivity index (χ3n) is 19.3. The van der Waals surface area contributed by atoms with Crippen LogP contribution in [0.2, 0.25) is 0 Å². The average molecular weight is 1690 g/mol. The Balaban J connectivity index is 0.892. The van der Waals surface area contributed by atoms with Gasteiger partial charge >= 0.3 is 23.5 Å². The second-order valence-corrected chi connectivity index (χ2v) is 31.3. The maximum absolute atomic E-state index is 13.8. The molecule has 0 radical (unpaired) electrons. The first-order valence-electron chi connectivity index (χ1n) is 35.0. The molecule has 0 aromatic heterocycles. The van der Waals surface area contributed by atoms with Gasteiger partial charge in [0.25, 0.3) is 0 Å². The van der Waals surface area contributed by atoms with Gasteiger partial charge in [-0.15, -0.1) is 6.58 Å². The minimum absolute atomic E-state index is 0.258. The van der Waals surface area contributed by atoms with Gasteiger partial charge in [-0.1, -0.05) is 31.8 Å². The zero-order valence-electron chi connectivity index (χ0n) is 58.5. The third-order valence-corrected chi connectivity index (χ3v) is 22.2. The summed E-state index contributed by atoms with van der Waals surface area (Å²) in [5.41, 5.74) is 0. The topological polar surface area (TPSA) is 793 Å². The normalized spacial score (nSPS) is 47.1. The Hall–Kier alpha value is -1.45. The number of ether oxygens (including phenoxy) is 13. The molecule has 8 heterocycles. The maximum Gasteiger partial charge on any atom is 0.474 e. The summed E-state index contributed by atoms with van der Waals surface area (Å²) in [5, 5.41) is 269. The fourth-order valence-electron chi connectivity index (χ4n) is 13.0. The van der Waals surface area contributed by atoms with Crippen molar-refractivity contribution in [2.75, 3.05) is 59.5 Å². The van der Waals surface area contributed by atoms with Crippen molar-refractivity contribution in [2.24, 2.45) is 0 Å². The minimum Gasteiger partial charge on any atom is -0.394 e. The molecule has 43 atom stereocenters. The van der Waals surface area contributed by atoms with E-state index >= 15 is 0 Å². The van der Waals surface area contributed by atoms with Gasteiger partial charge in [0.1, 0.15) is 195 Å². The van der Waals surface area contributed by atoms with Gasteiger partial charge in [0.05, 0.1) is 59.5 Å². The molecular weight excluding hydrogens is 1590 g/mol. The number of aliphatic hydroxyl groups excluding tert-OH is 25. The Labute approximate surface area is 629 Å². The molecule has 111 heavy (non-hydrogen) atoms. The monoisotopic (exact) mass is 1690 g/mol. The number of allylic oxidation sites excluding steroid dienone is 1. The zero-order chi connectivity index (χ0) is 82.0. The van der Waals surface area contributed by atoms with E-state index in [1.165, 1.54) is 0 Å². The molecule has 0 spiro atoms. The summed E-state index contributed by atoms with van der Waals surface area (Å²) in [6, 6.07) is 0. The molecule has 0 aromatic rings. The van der Waals surface area contributed by atoms with E-state index in [-0.39, 0.29) is 6.61 Å². The van der Waals surface area contributed by atoms with E-state index in [0.717, 1.165) is 32.1 Å². The number of phosphoric acid groups is 3. The highest BCUT2D eigenvalue weighted by Gasteiger charge is 2.60. The van der Waals surface area contributed by atoms with E-state index in [0.29, 0.717) is 12.8 Å². The second-order valence-electron chi connectivity index (χ2n) is 27.1. The standard InChI is InChI=1S/C58H103O50P3/c1-2-3-4-5-6-7-8-9-10-90-109(84,85)106-56-41(79)35(73)46(22(14-62)96-56)101-53-40(78)34(72)29(67)25(99-53)17-91-110(86,87)107-57-43(81)37(75)48(24(16-64)98-57)103-55-45(83)50(105-52-39(77)33(71)28(66)20(12-60)94-52)31(69)26(100-55)18-92-111(88,89)108-58-42(80)36(74)47(23(15-63)97-58)102-54-44(82)49(30(68)21(13-61)95-54)104-51-38(76)32(70)27(65)19(11-59)93-51/h2,19-83H,1,3-18H2,(H,84,85)(H,86,87)(H,88,89)/t19-,20-,21-,22-,23-,24-,25-,26-,27+,28+,29+,30+,31+,32+,33+,34+,35-,36-,37-,38-,39-,40-,41+,42+,43+,44-,45-,46-,47-,48-,49+,50+,51+,52+,53+,54+,55+,56-,57-,58-/m1/s1. The molecule has 8 rings (SSSR count). The molecule has 0 bridgehead atoms. The molecule has 0 aliphatic carbocycles. The Morgan fingerprint density at radius 2 is 0.505 bits per heavy atom. The van der Waals surface area contributed by atoms with Crippen LogP contribution in [0.25, 0.3) is 0 Å². The molecule has 3 unspecified atom stereocenters. The van der Waals surface area contributed by atoms with Crippen molar-refractivity contribution in [1.29, 1.82) is 0 Å². The lowest BCUT2D eigenvalue weighted by molar-refractivity contribution is -0.379. The van der Waals surface area contributed by atoms with Crippen molar-refractivity contribution in [1.82, 2.24) is 0 Å². The van der Waals surface area contributed by atoms with Crippen molar-refractivity contribution in [3.63, 3.8) is 0 Å². The van der Waals surface area contributed by atoms with Crippen LogP contribution in [0.3, 0.4) is 0 Å². The van der Waals surface area contributed by atoms with Gasteiger partial charge in [0, 0.05) is 0 Å². The summed E-state index contributed by atoms with van der Waals surface area (Å²) in [6.07, 6.45) is -80.0. The molecule has 50 nitrogen and oxygen atoms in total. The fourth-order valence-corrected chi connectivity index (χ4v) is 15.5. The summed E-state index contributed by atoms with van der Waals surface area (Å²) in [7, 11) is -16.7. The van der Waals surface area contributed by atoms with Crippen LogP contribution in [0.1, 0.15) is 44.9 Å². The van der Waals surface area contributed by atoms with Gasteiger partial charge in [-0.3, -0.25) is 27.1 Å². The molecule has 0 aromatic carbocycles. The Kier molecular flexibility index (Phi) is 36.1. The predicted molar refractivity (Wildman–Crippen MR) is 343 cm³/mol. The summed E-state index contributed by atoms with van der Waals surface area (Å²) < 4.78 is 142. The Bertz CT molecular complexity index is 2940. The molecule has 650 valence electrons.